The van der Waals surface area contributed by atoms with E-state index in [9.17, 15) is 0 Å². The van der Waals surface area contributed by atoms with Crippen molar-refractivity contribution < 1.29 is 0 Å². The van der Waals surface area contributed by atoms with Gasteiger partial charge in [0, 0.05) is 25.0 Å². The first-order valence-corrected chi connectivity index (χ1v) is 6.38. The van der Waals surface area contributed by atoms with Crippen molar-refractivity contribution in [2.24, 2.45) is 0 Å². The normalized spacial score (nSPS) is 10.3. The molecular formula is C15H19N3. The predicted octanol–water partition coefficient (Wildman–Crippen LogP) is 3.20. The van der Waals surface area contributed by atoms with Crippen molar-refractivity contribution in [1.82, 2.24) is 9.97 Å². The van der Waals surface area contributed by atoms with Crippen molar-refractivity contribution in [3.05, 3.63) is 53.9 Å². The summed E-state index contributed by atoms with van der Waals surface area (Å²) in [5.74, 6) is 0.820. The van der Waals surface area contributed by atoms with E-state index >= 15 is 0 Å². The fourth-order valence-electron chi connectivity index (χ4n) is 1.91. The SMILES string of the molecule is CCCN(Cc1ccccc1)c1nccc(C)n1. The highest BCUT2D eigenvalue weighted by atomic mass is 15.2. The Labute approximate surface area is 109 Å². The zero-order valence-corrected chi connectivity index (χ0v) is 11.0. The highest BCUT2D eigenvalue weighted by Gasteiger charge is 2.09. The number of nitrogens with zero attached hydrogens (tertiary/aromatic N) is 3. The molecule has 0 aliphatic rings. The molecule has 2 rings (SSSR count). The van der Waals surface area contributed by atoms with Gasteiger partial charge in [0.25, 0.3) is 0 Å². The fraction of sp³-hybridized carbons (Fsp3) is 0.333. The van der Waals surface area contributed by atoms with E-state index in [1.807, 2.05) is 25.3 Å². The Balaban J connectivity index is 2.18. The second-order valence-corrected chi connectivity index (χ2v) is 4.41. The minimum atomic E-state index is 0.820. The highest BCUT2D eigenvalue weighted by molar-refractivity contribution is 5.32. The molecule has 94 valence electrons. The van der Waals surface area contributed by atoms with E-state index in [1.54, 1.807) is 0 Å². The molecule has 1 aromatic heterocycles. The molecule has 3 heteroatoms. The smallest absolute Gasteiger partial charge is 0.225 e. The van der Waals surface area contributed by atoms with Crippen LogP contribution in [-0.2, 0) is 6.54 Å². The monoisotopic (exact) mass is 241 g/mol. The molecule has 0 bridgehead atoms. The maximum atomic E-state index is 4.50. The van der Waals surface area contributed by atoms with Gasteiger partial charge < -0.3 is 4.90 Å². The maximum absolute atomic E-state index is 4.50. The summed E-state index contributed by atoms with van der Waals surface area (Å²) in [6.45, 7) is 6.00. The Bertz CT molecular complexity index is 482. The van der Waals surface area contributed by atoms with Crippen molar-refractivity contribution in [3.8, 4) is 0 Å². The summed E-state index contributed by atoms with van der Waals surface area (Å²) in [5.41, 5.74) is 2.30. The maximum Gasteiger partial charge on any atom is 0.225 e. The Morgan fingerprint density at radius 1 is 1.11 bits per heavy atom. The molecule has 0 radical (unpaired) electrons. The van der Waals surface area contributed by atoms with E-state index < -0.39 is 0 Å². The lowest BCUT2D eigenvalue weighted by atomic mass is 10.2. The average Bonchev–Trinajstić information content (AvgIpc) is 2.39. The lowest BCUT2D eigenvalue weighted by Gasteiger charge is -2.22. The summed E-state index contributed by atoms with van der Waals surface area (Å²) in [6.07, 6.45) is 2.91. The number of benzene rings is 1. The first-order valence-electron chi connectivity index (χ1n) is 6.38. The minimum absolute atomic E-state index is 0.820. The molecule has 0 fully saturated rings. The number of aryl methyl sites for hydroxylation is 1. The average molecular weight is 241 g/mol. The zero-order valence-electron chi connectivity index (χ0n) is 11.0. The molecule has 1 aromatic carbocycles. The Kier molecular flexibility index (Phi) is 4.29. The Morgan fingerprint density at radius 2 is 1.89 bits per heavy atom. The quantitative estimate of drug-likeness (QED) is 0.805. The summed E-state index contributed by atoms with van der Waals surface area (Å²) < 4.78 is 0. The first kappa shape index (κ1) is 12.6. The molecule has 0 aliphatic heterocycles. The summed E-state index contributed by atoms with van der Waals surface area (Å²) in [6, 6.07) is 12.4. The van der Waals surface area contributed by atoms with Gasteiger partial charge in [0.1, 0.15) is 0 Å². The molecule has 1 heterocycles. The first-order chi connectivity index (χ1) is 8.79. The minimum Gasteiger partial charge on any atom is -0.337 e. The molecule has 0 N–H and O–H groups in total. The van der Waals surface area contributed by atoms with E-state index in [0.717, 1.165) is 31.2 Å². The molecule has 0 spiro atoms. The molecule has 0 amide bonds. The van der Waals surface area contributed by atoms with E-state index in [2.05, 4.69) is 46.1 Å². The van der Waals surface area contributed by atoms with Crippen LogP contribution in [0.4, 0.5) is 5.95 Å². The number of hydrogen-bond acceptors (Lipinski definition) is 3. The number of rotatable bonds is 5. The number of aromatic nitrogens is 2. The molecule has 3 nitrogen and oxygen atoms in total. The van der Waals surface area contributed by atoms with E-state index in [4.69, 9.17) is 0 Å². The largest absolute Gasteiger partial charge is 0.337 e. The predicted molar refractivity (Wildman–Crippen MR) is 74.6 cm³/mol. The van der Waals surface area contributed by atoms with Gasteiger partial charge in [0.2, 0.25) is 5.95 Å². The van der Waals surface area contributed by atoms with Crippen LogP contribution in [-0.4, -0.2) is 16.5 Å². The molecule has 0 saturated carbocycles. The molecule has 0 atom stereocenters. The van der Waals surface area contributed by atoms with Crippen LogP contribution < -0.4 is 4.90 Å². The van der Waals surface area contributed by atoms with Gasteiger partial charge in [-0.3, -0.25) is 0 Å². The summed E-state index contributed by atoms with van der Waals surface area (Å²) in [5, 5.41) is 0. The zero-order chi connectivity index (χ0) is 12.8. The van der Waals surface area contributed by atoms with Gasteiger partial charge in [-0.15, -0.1) is 0 Å². The second kappa shape index (κ2) is 6.15. The Hall–Kier alpha value is -1.90. The van der Waals surface area contributed by atoms with Crippen LogP contribution in [0.5, 0.6) is 0 Å². The van der Waals surface area contributed by atoms with Crippen LogP contribution in [0.25, 0.3) is 0 Å². The highest BCUT2D eigenvalue weighted by Crippen LogP contribution is 2.12. The van der Waals surface area contributed by atoms with Gasteiger partial charge in [0.05, 0.1) is 0 Å². The van der Waals surface area contributed by atoms with Crippen molar-refractivity contribution in [1.29, 1.82) is 0 Å². The third-order valence-electron chi connectivity index (χ3n) is 2.77. The Morgan fingerprint density at radius 3 is 2.56 bits per heavy atom. The van der Waals surface area contributed by atoms with Crippen molar-refractivity contribution in [3.63, 3.8) is 0 Å². The molecule has 0 saturated heterocycles. The van der Waals surface area contributed by atoms with E-state index in [1.165, 1.54) is 5.56 Å². The van der Waals surface area contributed by atoms with Crippen LogP contribution in [0, 0.1) is 6.92 Å². The van der Waals surface area contributed by atoms with Crippen LogP contribution in [0.1, 0.15) is 24.6 Å². The van der Waals surface area contributed by atoms with Gasteiger partial charge >= 0.3 is 0 Å². The molecule has 18 heavy (non-hydrogen) atoms. The summed E-state index contributed by atoms with van der Waals surface area (Å²) in [7, 11) is 0. The van der Waals surface area contributed by atoms with Gasteiger partial charge in [0.15, 0.2) is 0 Å². The van der Waals surface area contributed by atoms with Crippen LogP contribution in [0.3, 0.4) is 0 Å². The standard InChI is InChI=1S/C15H19N3/c1-3-11-18(12-14-7-5-4-6-8-14)15-16-10-9-13(2)17-15/h4-10H,3,11-12H2,1-2H3. The van der Waals surface area contributed by atoms with Crippen LogP contribution in [0.2, 0.25) is 0 Å². The topological polar surface area (TPSA) is 29.0 Å². The third kappa shape index (κ3) is 3.29. The van der Waals surface area contributed by atoms with Crippen molar-refractivity contribution >= 4 is 5.95 Å². The lowest BCUT2D eigenvalue weighted by Crippen LogP contribution is -2.25. The van der Waals surface area contributed by atoms with E-state index in [0.29, 0.717) is 0 Å². The molecular weight excluding hydrogens is 222 g/mol. The molecule has 2 aromatic rings. The van der Waals surface area contributed by atoms with Gasteiger partial charge in [-0.1, -0.05) is 37.3 Å². The lowest BCUT2D eigenvalue weighted by molar-refractivity contribution is 0.736. The summed E-state index contributed by atoms with van der Waals surface area (Å²) in [4.78, 5) is 11.1. The third-order valence-corrected chi connectivity index (χ3v) is 2.77. The van der Waals surface area contributed by atoms with Gasteiger partial charge in [-0.05, 0) is 25.0 Å². The van der Waals surface area contributed by atoms with Gasteiger partial charge in [-0.25, -0.2) is 9.97 Å². The molecule has 0 unspecified atom stereocenters. The molecule has 0 aliphatic carbocycles. The number of anilines is 1. The number of hydrogen-bond donors (Lipinski definition) is 0. The fourth-order valence-corrected chi connectivity index (χ4v) is 1.91. The van der Waals surface area contributed by atoms with Gasteiger partial charge in [-0.2, -0.15) is 0 Å². The van der Waals surface area contributed by atoms with Crippen molar-refractivity contribution in [2.45, 2.75) is 26.8 Å². The van der Waals surface area contributed by atoms with Crippen LogP contribution in [0.15, 0.2) is 42.6 Å². The van der Waals surface area contributed by atoms with E-state index in [-0.39, 0.29) is 0 Å². The van der Waals surface area contributed by atoms with Crippen molar-refractivity contribution in [2.75, 3.05) is 11.4 Å². The summed E-state index contributed by atoms with van der Waals surface area (Å²) >= 11 is 0. The second-order valence-electron chi connectivity index (χ2n) is 4.41. The van der Waals surface area contributed by atoms with Crippen LogP contribution >= 0.6 is 0 Å².